The zero-order valence-corrected chi connectivity index (χ0v) is 11.6. The second-order valence-electron chi connectivity index (χ2n) is 4.58. The first-order valence-electron chi connectivity index (χ1n) is 6.31. The second kappa shape index (κ2) is 4.89. The number of rotatable bonds is 3. The minimum absolute atomic E-state index is 0.716. The maximum Gasteiger partial charge on any atom is 0.171 e. The summed E-state index contributed by atoms with van der Waals surface area (Å²) in [5, 5.41) is 5.13. The van der Waals surface area contributed by atoms with Gasteiger partial charge in [-0.3, -0.25) is 0 Å². The standard InChI is InChI=1S/C16H15NO3/c1-10-8-11(4-7-14(10)19-3)16-13-6-5-12(18-2)9-15(13)20-17-16/h4-9H,1-3H3. The number of aryl methyl sites for hydroxylation is 1. The van der Waals surface area contributed by atoms with Crippen LogP contribution in [-0.2, 0) is 0 Å². The van der Waals surface area contributed by atoms with E-state index in [1.165, 1.54) is 0 Å². The molecule has 0 saturated carbocycles. The molecule has 1 heterocycles. The number of ether oxygens (including phenoxy) is 2. The lowest BCUT2D eigenvalue weighted by atomic mass is 10.0. The molecule has 0 unspecified atom stereocenters. The largest absolute Gasteiger partial charge is 0.497 e. The van der Waals surface area contributed by atoms with E-state index in [1.54, 1.807) is 14.2 Å². The van der Waals surface area contributed by atoms with Gasteiger partial charge in [-0.15, -0.1) is 0 Å². The zero-order chi connectivity index (χ0) is 14.1. The first-order chi connectivity index (χ1) is 9.72. The smallest absolute Gasteiger partial charge is 0.171 e. The van der Waals surface area contributed by atoms with E-state index in [9.17, 15) is 0 Å². The van der Waals surface area contributed by atoms with Crippen LogP contribution in [-0.4, -0.2) is 19.4 Å². The minimum atomic E-state index is 0.716. The first kappa shape index (κ1) is 12.5. The molecule has 0 radical (unpaired) electrons. The molecule has 0 spiro atoms. The van der Waals surface area contributed by atoms with E-state index in [4.69, 9.17) is 14.0 Å². The molecule has 0 amide bonds. The molecular formula is C16H15NO3. The van der Waals surface area contributed by atoms with Gasteiger partial charge in [0.2, 0.25) is 0 Å². The van der Waals surface area contributed by atoms with Crippen LogP contribution in [0.4, 0.5) is 0 Å². The van der Waals surface area contributed by atoms with Gasteiger partial charge < -0.3 is 14.0 Å². The number of hydrogen-bond donors (Lipinski definition) is 0. The van der Waals surface area contributed by atoms with Crippen molar-refractivity contribution < 1.29 is 14.0 Å². The summed E-state index contributed by atoms with van der Waals surface area (Å²) in [4.78, 5) is 0. The van der Waals surface area contributed by atoms with E-state index < -0.39 is 0 Å². The Kier molecular flexibility index (Phi) is 3.06. The van der Waals surface area contributed by atoms with Crippen LogP contribution in [0.3, 0.4) is 0 Å². The summed E-state index contributed by atoms with van der Waals surface area (Å²) >= 11 is 0. The average molecular weight is 269 g/mol. The van der Waals surface area contributed by atoms with Gasteiger partial charge in [0.1, 0.15) is 17.2 Å². The third-order valence-corrected chi connectivity index (χ3v) is 3.35. The van der Waals surface area contributed by atoms with Crippen molar-refractivity contribution in [3.05, 3.63) is 42.0 Å². The van der Waals surface area contributed by atoms with Gasteiger partial charge in [0.05, 0.1) is 14.2 Å². The maximum atomic E-state index is 5.38. The summed E-state index contributed by atoms with van der Waals surface area (Å²) in [6, 6.07) is 11.7. The van der Waals surface area contributed by atoms with E-state index >= 15 is 0 Å². The number of hydrogen-bond acceptors (Lipinski definition) is 4. The number of methoxy groups -OCH3 is 2. The minimum Gasteiger partial charge on any atom is -0.497 e. The van der Waals surface area contributed by atoms with Crippen molar-refractivity contribution >= 4 is 11.0 Å². The van der Waals surface area contributed by atoms with Gasteiger partial charge in [-0.2, -0.15) is 0 Å². The molecule has 0 bridgehead atoms. The van der Waals surface area contributed by atoms with Gasteiger partial charge in [-0.05, 0) is 42.8 Å². The van der Waals surface area contributed by atoms with E-state index in [2.05, 4.69) is 5.16 Å². The van der Waals surface area contributed by atoms with Crippen LogP contribution in [0.2, 0.25) is 0 Å². The van der Waals surface area contributed by atoms with Crippen LogP contribution in [0, 0.1) is 6.92 Å². The molecule has 0 atom stereocenters. The third-order valence-electron chi connectivity index (χ3n) is 3.35. The van der Waals surface area contributed by atoms with Crippen LogP contribution in [0.15, 0.2) is 40.9 Å². The summed E-state index contributed by atoms with van der Waals surface area (Å²) in [5.41, 5.74) is 3.61. The molecule has 0 N–H and O–H groups in total. The molecule has 1 aromatic heterocycles. The number of benzene rings is 2. The monoisotopic (exact) mass is 269 g/mol. The topological polar surface area (TPSA) is 44.5 Å². The Bertz CT molecular complexity index is 762. The SMILES string of the molecule is COc1ccc2c(-c3ccc(OC)c(C)c3)noc2c1. The van der Waals surface area contributed by atoms with Crippen LogP contribution in [0.1, 0.15) is 5.56 Å². The Morgan fingerprint density at radius 3 is 2.55 bits per heavy atom. The predicted octanol–water partition coefficient (Wildman–Crippen LogP) is 3.82. The molecule has 0 fully saturated rings. The Hall–Kier alpha value is -2.49. The Labute approximate surface area is 116 Å². The Morgan fingerprint density at radius 2 is 1.85 bits per heavy atom. The number of fused-ring (bicyclic) bond motifs is 1. The van der Waals surface area contributed by atoms with Crippen molar-refractivity contribution in [3.63, 3.8) is 0 Å². The summed E-state index contributed by atoms with van der Waals surface area (Å²) in [5.74, 6) is 1.62. The van der Waals surface area contributed by atoms with Crippen LogP contribution >= 0.6 is 0 Å². The van der Waals surface area contributed by atoms with Gasteiger partial charge in [0, 0.05) is 17.0 Å². The summed E-state index contributed by atoms with van der Waals surface area (Å²) in [7, 11) is 3.30. The zero-order valence-electron chi connectivity index (χ0n) is 11.6. The Balaban J connectivity index is 2.12. The lowest BCUT2D eigenvalue weighted by Crippen LogP contribution is -1.88. The van der Waals surface area contributed by atoms with Crippen molar-refractivity contribution in [2.45, 2.75) is 6.92 Å². The van der Waals surface area contributed by atoms with E-state index in [-0.39, 0.29) is 0 Å². The van der Waals surface area contributed by atoms with E-state index in [0.29, 0.717) is 5.58 Å². The fourth-order valence-corrected chi connectivity index (χ4v) is 2.28. The molecule has 0 aliphatic heterocycles. The molecule has 4 nitrogen and oxygen atoms in total. The molecule has 102 valence electrons. The molecule has 0 aliphatic carbocycles. The lowest BCUT2D eigenvalue weighted by molar-refractivity contribution is 0.411. The van der Waals surface area contributed by atoms with Gasteiger partial charge >= 0.3 is 0 Å². The van der Waals surface area contributed by atoms with Crippen LogP contribution in [0.25, 0.3) is 22.2 Å². The summed E-state index contributed by atoms with van der Waals surface area (Å²) in [6.07, 6.45) is 0. The quantitative estimate of drug-likeness (QED) is 0.725. The summed E-state index contributed by atoms with van der Waals surface area (Å²) in [6.45, 7) is 2.01. The highest BCUT2D eigenvalue weighted by atomic mass is 16.5. The van der Waals surface area contributed by atoms with Gasteiger partial charge in [0.15, 0.2) is 5.58 Å². The normalized spacial score (nSPS) is 10.8. The fraction of sp³-hybridized carbons (Fsp3) is 0.188. The highest BCUT2D eigenvalue weighted by molar-refractivity contribution is 5.92. The van der Waals surface area contributed by atoms with Crippen molar-refractivity contribution in [1.82, 2.24) is 5.16 Å². The molecule has 3 rings (SSSR count). The maximum absolute atomic E-state index is 5.38. The Morgan fingerprint density at radius 1 is 1.00 bits per heavy atom. The predicted molar refractivity (Wildman–Crippen MR) is 77.3 cm³/mol. The average Bonchev–Trinajstić information content (AvgIpc) is 2.90. The lowest BCUT2D eigenvalue weighted by Gasteiger charge is -2.05. The first-order valence-corrected chi connectivity index (χ1v) is 6.31. The number of nitrogens with zero attached hydrogens (tertiary/aromatic N) is 1. The number of aromatic nitrogens is 1. The van der Waals surface area contributed by atoms with E-state index in [1.807, 2.05) is 43.3 Å². The fourth-order valence-electron chi connectivity index (χ4n) is 2.28. The molecule has 20 heavy (non-hydrogen) atoms. The third kappa shape index (κ3) is 1.99. The van der Waals surface area contributed by atoms with Crippen molar-refractivity contribution in [2.24, 2.45) is 0 Å². The highest BCUT2D eigenvalue weighted by Crippen LogP contribution is 2.32. The van der Waals surface area contributed by atoms with Crippen molar-refractivity contribution in [3.8, 4) is 22.8 Å². The molecule has 0 aliphatic rings. The van der Waals surface area contributed by atoms with Crippen LogP contribution in [0.5, 0.6) is 11.5 Å². The molecule has 2 aromatic carbocycles. The molecule has 4 heteroatoms. The van der Waals surface area contributed by atoms with Gasteiger partial charge in [-0.25, -0.2) is 0 Å². The molecule has 0 saturated heterocycles. The van der Waals surface area contributed by atoms with Crippen molar-refractivity contribution in [1.29, 1.82) is 0 Å². The highest BCUT2D eigenvalue weighted by Gasteiger charge is 2.12. The summed E-state index contributed by atoms with van der Waals surface area (Å²) < 4.78 is 15.8. The van der Waals surface area contributed by atoms with Gasteiger partial charge in [0.25, 0.3) is 0 Å². The van der Waals surface area contributed by atoms with Crippen molar-refractivity contribution in [2.75, 3.05) is 14.2 Å². The van der Waals surface area contributed by atoms with Gasteiger partial charge in [-0.1, -0.05) is 5.16 Å². The molecular weight excluding hydrogens is 254 g/mol. The second-order valence-corrected chi connectivity index (χ2v) is 4.58. The molecule has 3 aromatic rings. The van der Waals surface area contributed by atoms with Crippen LogP contribution < -0.4 is 9.47 Å². The van der Waals surface area contributed by atoms with E-state index in [0.717, 1.165) is 33.7 Å².